The van der Waals surface area contributed by atoms with Gasteiger partial charge in [0.25, 0.3) is 5.91 Å². The van der Waals surface area contributed by atoms with Crippen LogP contribution in [0.15, 0.2) is 49.1 Å². The van der Waals surface area contributed by atoms with Gasteiger partial charge in [-0.2, -0.15) is 0 Å². The predicted octanol–water partition coefficient (Wildman–Crippen LogP) is 0.699. The van der Waals surface area contributed by atoms with Crippen molar-refractivity contribution in [2.24, 2.45) is 5.92 Å². The van der Waals surface area contributed by atoms with Gasteiger partial charge >= 0.3 is 0 Å². The lowest BCUT2D eigenvalue weighted by atomic mass is 10.1. The molecule has 1 aromatic heterocycles. The second-order valence-corrected chi connectivity index (χ2v) is 5.83. The highest BCUT2D eigenvalue weighted by Gasteiger charge is 2.33. The maximum absolute atomic E-state index is 12.2. The van der Waals surface area contributed by atoms with Gasteiger partial charge < -0.3 is 10.4 Å². The SMILES string of the molecule is O=C(N[C@@H]1CN(Cc2ccccc2)C[C@H]1CO)c1cncnc1. The molecule has 1 aromatic carbocycles. The lowest BCUT2D eigenvalue weighted by molar-refractivity contribution is 0.0920. The van der Waals surface area contributed by atoms with Crippen LogP contribution >= 0.6 is 0 Å². The van der Waals surface area contributed by atoms with E-state index in [0.717, 1.165) is 19.6 Å². The van der Waals surface area contributed by atoms with Gasteiger partial charge in [0.2, 0.25) is 0 Å². The zero-order valence-electron chi connectivity index (χ0n) is 12.8. The van der Waals surface area contributed by atoms with Crippen LogP contribution in [0.2, 0.25) is 0 Å². The molecule has 1 saturated heterocycles. The summed E-state index contributed by atoms with van der Waals surface area (Å²) < 4.78 is 0. The number of amides is 1. The Labute approximate surface area is 135 Å². The highest BCUT2D eigenvalue weighted by molar-refractivity contribution is 5.93. The molecule has 0 bridgehead atoms. The summed E-state index contributed by atoms with van der Waals surface area (Å²) >= 11 is 0. The first kappa shape index (κ1) is 15.6. The Morgan fingerprint density at radius 3 is 2.65 bits per heavy atom. The molecule has 6 nitrogen and oxygen atoms in total. The first-order chi connectivity index (χ1) is 11.3. The van der Waals surface area contributed by atoms with Gasteiger partial charge in [0.05, 0.1) is 5.56 Å². The van der Waals surface area contributed by atoms with Gasteiger partial charge in [-0.3, -0.25) is 9.69 Å². The van der Waals surface area contributed by atoms with Gasteiger partial charge in [-0.05, 0) is 5.56 Å². The fourth-order valence-electron chi connectivity index (χ4n) is 2.95. The third-order valence-electron chi connectivity index (χ3n) is 4.14. The van der Waals surface area contributed by atoms with E-state index in [1.165, 1.54) is 24.3 Å². The fraction of sp³-hybridized carbons (Fsp3) is 0.353. The van der Waals surface area contributed by atoms with E-state index in [4.69, 9.17) is 0 Å². The smallest absolute Gasteiger partial charge is 0.254 e. The topological polar surface area (TPSA) is 78.4 Å². The Hall–Kier alpha value is -2.31. The van der Waals surface area contributed by atoms with Crippen LogP contribution in [-0.2, 0) is 6.54 Å². The number of nitrogens with zero attached hydrogens (tertiary/aromatic N) is 3. The number of likely N-dealkylation sites (tertiary alicyclic amines) is 1. The lowest BCUT2D eigenvalue weighted by Crippen LogP contribution is -2.41. The van der Waals surface area contributed by atoms with E-state index in [0.29, 0.717) is 5.56 Å². The molecule has 2 N–H and O–H groups in total. The number of hydrogen-bond acceptors (Lipinski definition) is 5. The molecule has 3 rings (SSSR count). The number of benzene rings is 1. The van der Waals surface area contributed by atoms with Crippen molar-refractivity contribution in [2.75, 3.05) is 19.7 Å². The van der Waals surface area contributed by atoms with Crippen molar-refractivity contribution in [1.82, 2.24) is 20.2 Å². The van der Waals surface area contributed by atoms with Crippen molar-refractivity contribution in [3.05, 3.63) is 60.2 Å². The van der Waals surface area contributed by atoms with Crippen molar-refractivity contribution < 1.29 is 9.90 Å². The summed E-state index contributed by atoms with van der Waals surface area (Å²) in [4.78, 5) is 22.2. The van der Waals surface area contributed by atoms with Gasteiger partial charge in [0, 0.05) is 50.6 Å². The van der Waals surface area contributed by atoms with E-state index in [-0.39, 0.29) is 24.5 Å². The monoisotopic (exact) mass is 312 g/mol. The number of carbonyl (C=O) groups excluding carboxylic acids is 1. The zero-order chi connectivity index (χ0) is 16.1. The Morgan fingerprint density at radius 1 is 1.22 bits per heavy atom. The Morgan fingerprint density at radius 2 is 1.96 bits per heavy atom. The van der Waals surface area contributed by atoms with Gasteiger partial charge in [-0.25, -0.2) is 9.97 Å². The average molecular weight is 312 g/mol. The Bertz CT molecular complexity index is 636. The third kappa shape index (κ3) is 3.91. The van der Waals surface area contributed by atoms with Crippen LogP contribution in [0.5, 0.6) is 0 Å². The first-order valence-electron chi connectivity index (χ1n) is 7.69. The zero-order valence-corrected chi connectivity index (χ0v) is 12.8. The number of aliphatic hydroxyl groups excluding tert-OH is 1. The molecule has 0 unspecified atom stereocenters. The maximum atomic E-state index is 12.2. The van der Waals surface area contributed by atoms with Crippen LogP contribution in [0.3, 0.4) is 0 Å². The molecule has 0 saturated carbocycles. The van der Waals surface area contributed by atoms with E-state index in [2.05, 4.69) is 32.3 Å². The molecular weight excluding hydrogens is 292 g/mol. The third-order valence-corrected chi connectivity index (χ3v) is 4.14. The first-order valence-corrected chi connectivity index (χ1v) is 7.69. The van der Waals surface area contributed by atoms with Crippen molar-refractivity contribution in [1.29, 1.82) is 0 Å². The summed E-state index contributed by atoms with van der Waals surface area (Å²) in [7, 11) is 0. The summed E-state index contributed by atoms with van der Waals surface area (Å²) in [5, 5.41) is 12.6. The highest BCUT2D eigenvalue weighted by Crippen LogP contribution is 2.19. The summed E-state index contributed by atoms with van der Waals surface area (Å²) in [6.45, 7) is 2.36. The lowest BCUT2D eigenvalue weighted by Gasteiger charge is -2.18. The second-order valence-electron chi connectivity index (χ2n) is 5.83. The molecule has 1 fully saturated rings. The Balaban J connectivity index is 1.62. The van der Waals surface area contributed by atoms with E-state index in [9.17, 15) is 9.90 Å². The minimum Gasteiger partial charge on any atom is -0.396 e. The molecular formula is C17H20N4O2. The molecule has 2 atom stereocenters. The molecule has 1 aliphatic heterocycles. The van der Waals surface area contributed by atoms with Crippen LogP contribution in [0, 0.1) is 5.92 Å². The minimum atomic E-state index is -0.199. The van der Waals surface area contributed by atoms with Crippen LogP contribution in [0.1, 0.15) is 15.9 Å². The van der Waals surface area contributed by atoms with Gasteiger partial charge in [0.1, 0.15) is 6.33 Å². The van der Waals surface area contributed by atoms with Gasteiger partial charge in [-0.15, -0.1) is 0 Å². The quantitative estimate of drug-likeness (QED) is 0.850. The average Bonchev–Trinajstić information content (AvgIpc) is 2.98. The van der Waals surface area contributed by atoms with E-state index in [1.54, 1.807) is 0 Å². The minimum absolute atomic E-state index is 0.0345. The summed E-state index contributed by atoms with van der Waals surface area (Å²) in [5.41, 5.74) is 1.67. The van der Waals surface area contributed by atoms with Gasteiger partial charge in [-0.1, -0.05) is 30.3 Å². The highest BCUT2D eigenvalue weighted by atomic mass is 16.3. The standard InChI is InChI=1S/C17H20N4O2/c22-11-15-9-21(8-13-4-2-1-3-5-13)10-16(15)20-17(23)14-6-18-12-19-7-14/h1-7,12,15-16,22H,8-11H2,(H,20,23)/t15-,16+/m0/s1. The van der Waals surface area contributed by atoms with Crippen LogP contribution in [0.25, 0.3) is 0 Å². The molecule has 1 amide bonds. The van der Waals surface area contributed by atoms with Crippen molar-refractivity contribution >= 4 is 5.91 Å². The summed E-state index contributed by atoms with van der Waals surface area (Å²) in [5.74, 6) is -0.164. The molecule has 23 heavy (non-hydrogen) atoms. The van der Waals surface area contributed by atoms with Crippen molar-refractivity contribution in [3.8, 4) is 0 Å². The molecule has 1 aliphatic rings. The number of hydrogen-bond donors (Lipinski definition) is 2. The molecule has 6 heteroatoms. The van der Waals surface area contributed by atoms with E-state index >= 15 is 0 Å². The Kier molecular flexibility index (Phi) is 4.95. The number of carbonyl (C=O) groups is 1. The normalized spacial score (nSPS) is 21.3. The second kappa shape index (κ2) is 7.30. The predicted molar refractivity (Wildman–Crippen MR) is 85.6 cm³/mol. The van der Waals surface area contributed by atoms with E-state index in [1.807, 2.05) is 18.2 Å². The molecule has 0 aliphatic carbocycles. The fourth-order valence-corrected chi connectivity index (χ4v) is 2.95. The van der Waals surface area contributed by atoms with Crippen LogP contribution < -0.4 is 5.32 Å². The van der Waals surface area contributed by atoms with Crippen LogP contribution in [-0.4, -0.2) is 51.6 Å². The molecule has 0 radical (unpaired) electrons. The summed E-state index contributed by atoms with van der Waals surface area (Å²) in [6, 6.07) is 10.1. The van der Waals surface area contributed by atoms with Crippen LogP contribution in [0.4, 0.5) is 0 Å². The van der Waals surface area contributed by atoms with E-state index < -0.39 is 0 Å². The molecule has 0 spiro atoms. The van der Waals surface area contributed by atoms with Crippen molar-refractivity contribution in [3.63, 3.8) is 0 Å². The largest absolute Gasteiger partial charge is 0.396 e. The van der Waals surface area contributed by atoms with Crippen molar-refractivity contribution in [2.45, 2.75) is 12.6 Å². The summed E-state index contributed by atoms with van der Waals surface area (Å²) in [6.07, 6.45) is 4.38. The number of aliphatic hydroxyl groups is 1. The molecule has 2 heterocycles. The van der Waals surface area contributed by atoms with Gasteiger partial charge in [0.15, 0.2) is 0 Å². The molecule has 2 aromatic rings. The maximum Gasteiger partial charge on any atom is 0.254 e. The number of rotatable bonds is 5. The number of aromatic nitrogens is 2. The molecule has 120 valence electrons. The number of nitrogens with one attached hydrogen (secondary N) is 1.